The highest BCUT2D eigenvalue weighted by Gasteiger charge is 2.32. The van der Waals surface area contributed by atoms with Crippen molar-refractivity contribution in [3.05, 3.63) is 70.0 Å². The molecule has 36 heavy (non-hydrogen) atoms. The Bertz CT molecular complexity index is 1390. The monoisotopic (exact) mass is 517 g/mol. The summed E-state index contributed by atoms with van der Waals surface area (Å²) in [5, 5.41) is 5.77. The Morgan fingerprint density at radius 3 is 2.69 bits per heavy atom. The predicted molar refractivity (Wildman–Crippen MR) is 132 cm³/mol. The van der Waals surface area contributed by atoms with Crippen molar-refractivity contribution in [3.63, 3.8) is 0 Å². The molecule has 1 aromatic heterocycles. The minimum Gasteiger partial charge on any atom is -0.349 e. The van der Waals surface area contributed by atoms with E-state index in [1.54, 1.807) is 18.3 Å². The summed E-state index contributed by atoms with van der Waals surface area (Å²) in [6.45, 7) is 1.69. The van der Waals surface area contributed by atoms with Gasteiger partial charge in [0, 0.05) is 30.1 Å². The lowest BCUT2D eigenvalue weighted by Gasteiger charge is -2.20. The van der Waals surface area contributed by atoms with Crippen molar-refractivity contribution in [2.24, 2.45) is 4.99 Å². The van der Waals surface area contributed by atoms with E-state index in [0.717, 1.165) is 47.8 Å². The van der Waals surface area contributed by atoms with E-state index in [-0.39, 0.29) is 18.0 Å². The molecule has 0 spiro atoms. The quantitative estimate of drug-likeness (QED) is 0.366. The molecule has 2 aliphatic rings. The average molecular weight is 518 g/mol. The van der Waals surface area contributed by atoms with E-state index in [2.05, 4.69) is 19.9 Å². The maximum atomic E-state index is 14.3. The summed E-state index contributed by atoms with van der Waals surface area (Å²) in [5.74, 6) is -1.20. The van der Waals surface area contributed by atoms with Crippen molar-refractivity contribution in [2.75, 3.05) is 27.2 Å². The Morgan fingerprint density at radius 2 is 2.00 bits per heavy atom. The molecule has 3 heterocycles. The third kappa shape index (κ3) is 4.90. The molecule has 1 amide bonds. The number of amidine groups is 1. The second kappa shape index (κ2) is 9.36. The highest BCUT2D eigenvalue weighted by molar-refractivity contribution is 8.18. The van der Waals surface area contributed by atoms with Crippen LogP contribution in [0.2, 0.25) is 0 Å². The van der Waals surface area contributed by atoms with Crippen LogP contribution >= 0.6 is 11.8 Å². The van der Waals surface area contributed by atoms with Crippen LogP contribution < -0.4 is 0 Å². The van der Waals surface area contributed by atoms with Gasteiger partial charge in [0.25, 0.3) is 5.91 Å². The molecule has 1 saturated heterocycles. The molecule has 1 unspecified atom stereocenters. The standard InChI is InChI=1S/C25H23F4N5OS/c1-32(2)19-7-8-33(14-19)24-31-23(35)22(36-24)10-15-3-6-21-17(9-15)12-30-34(21)13-16-4-5-18(11-20(16)26)25(27,28)29/h3-6,9-12,19H,7-8,13-14H2,1-2H3. The van der Waals surface area contributed by atoms with Gasteiger partial charge in [-0.3, -0.25) is 9.48 Å². The smallest absolute Gasteiger partial charge is 0.349 e. The number of hydrogen-bond acceptors (Lipinski definition) is 5. The van der Waals surface area contributed by atoms with Crippen LogP contribution in [0.3, 0.4) is 0 Å². The first kappa shape index (κ1) is 24.5. The molecule has 5 rings (SSSR count). The van der Waals surface area contributed by atoms with Crippen LogP contribution in [0.4, 0.5) is 17.6 Å². The Balaban J connectivity index is 1.31. The fourth-order valence-corrected chi connectivity index (χ4v) is 5.30. The zero-order chi connectivity index (χ0) is 25.6. The first-order valence-corrected chi connectivity index (χ1v) is 12.2. The number of nitrogens with zero attached hydrogens (tertiary/aromatic N) is 5. The number of likely N-dealkylation sites (N-methyl/N-ethyl adjacent to an activating group) is 1. The van der Waals surface area contributed by atoms with E-state index < -0.39 is 17.6 Å². The number of fused-ring (bicyclic) bond motifs is 1. The SMILES string of the molecule is CN(C)C1CCN(C2=NC(=O)C(=Cc3ccc4c(cnn4Cc4ccc(C(F)(F)F)cc4F)c3)S2)C1. The van der Waals surface area contributed by atoms with Gasteiger partial charge in [0.2, 0.25) is 0 Å². The number of carbonyl (C=O) groups excluding carboxylic acids is 1. The fourth-order valence-electron chi connectivity index (χ4n) is 4.36. The van der Waals surface area contributed by atoms with Crippen LogP contribution in [0.15, 0.2) is 52.5 Å². The lowest BCUT2D eigenvalue weighted by atomic mass is 10.1. The Hall–Kier alpha value is -3.18. The highest BCUT2D eigenvalue weighted by Crippen LogP contribution is 2.33. The summed E-state index contributed by atoms with van der Waals surface area (Å²) in [7, 11) is 4.10. The van der Waals surface area contributed by atoms with E-state index in [4.69, 9.17) is 0 Å². The number of amides is 1. The minimum atomic E-state index is -4.60. The molecule has 6 nitrogen and oxygen atoms in total. The van der Waals surface area contributed by atoms with Crippen LogP contribution in [0.25, 0.3) is 17.0 Å². The van der Waals surface area contributed by atoms with Gasteiger partial charge < -0.3 is 9.80 Å². The number of aromatic nitrogens is 2. The Morgan fingerprint density at radius 1 is 1.19 bits per heavy atom. The third-order valence-corrected chi connectivity index (χ3v) is 7.48. The molecule has 1 fully saturated rings. The maximum Gasteiger partial charge on any atom is 0.416 e. The number of aliphatic imine (C=N–C) groups is 1. The van der Waals surface area contributed by atoms with Crippen molar-refractivity contribution in [2.45, 2.75) is 25.2 Å². The number of halogens is 4. The lowest BCUT2D eigenvalue weighted by Crippen LogP contribution is -2.33. The van der Waals surface area contributed by atoms with Gasteiger partial charge in [0.15, 0.2) is 5.17 Å². The Labute approximate surface area is 209 Å². The van der Waals surface area contributed by atoms with Gasteiger partial charge in [-0.05, 0) is 68.2 Å². The van der Waals surface area contributed by atoms with Crippen LogP contribution in [-0.4, -0.2) is 63.9 Å². The topological polar surface area (TPSA) is 53.7 Å². The number of benzene rings is 2. The molecule has 0 saturated carbocycles. The molecule has 2 aromatic carbocycles. The normalized spacial score (nSPS) is 19.8. The number of likely N-dealkylation sites (tertiary alicyclic amines) is 1. The van der Waals surface area contributed by atoms with Gasteiger partial charge in [-0.25, -0.2) is 4.39 Å². The van der Waals surface area contributed by atoms with Crippen molar-refractivity contribution < 1.29 is 22.4 Å². The van der Waals surface area contributed by atoms with E-state index in [9.17, 15) is 22.4 Å². The van der Waals surface area contributed by atoms with Crippen LogP contribution in [0, 0.1) is 5.82 Å². The first-order valence-electron chi connectivity index (χ1n) is 11.3. The molecule has 1 atom stereocenters. The first-order chi connectivity index (χ1) is 17.1. The molecular formula is C25H23F4N5OS. The van der Waals surface area contributed by atoms with Gasteiger partial charge in [-0.1, -0.05) is 12.1 Å². The van der Waals surface area contributed by atoms with E-state index in [1.165, 1.54) is 16.4 Å². The van der Waals surface area contributed by atoms with Gasteiger partial charge in [-0.15, -0.1) is 0 Å². The lowest BCUT2D eigenvalue weighted by molar-refractivity contribution is -0.137. The third-order valence-electron chi connectivity index (χ3n) is 6.44. The van der Waals surface area contributed by atoms with E-state index >= 15 is 0 Å². The predicted octanol–water partition coefficient (Wildman–Crippen LogP) is 4.85. The van der Waals surface area contributed by atoms with Gasteiger partial charge >= 0.3 is 6.18 Å². The average Bonchev–Trinajstić information content (AvgIpc) is 3.54. The molecular weight excluding hydrogens is 494 g/mol. The minimum absolute atomic E-state index is 0.0107. The Kier molecular flexibility index (Phi) is 6.37. The molecule has 0 aliphatic carbocycles. The van der Waals surface area contributed by atoms with Gasteiger partial charge in [-0.2, -0.15) is 23.3 Å². The molecule has 3 aromatic rings. The van der Waals surface area contributed by atoms with Gasteiger partial charge in [0.1, 0.15) is 5.82 Å². The fraction of sp³-hybridized carbons (Fsp3) is 0.320. The number of carbonyl (C=O) groups is 1. The van der Waals surface area contributed by atoms with Crippen molar-refractivity contribution in [3.8, 4) is 0 Å². The summed E-state index contributed by atoms with van der Waals surface area (Å²) in [6.07, 6.45) is -0.181. The number of rotatable bonds is 4. The van der Waals surface area contributed by atoms with Gasteiger partial charge in [0.05, 0.1) is 28.7 Å². The van der Waals surface area contributed by atoms with Crippen LogP contribution in [0.1, 0.15) is 23.1 Å². The summed E-state index contributed by atoms with van der Waals surface area (Å²) in [6, 6.07) is 8.41. The summed E-state index contributed by atoms with van der Waals surface area (Å²) < 4.78 is 54.3. The van der Waals surface area contributed by atoms with Crippen molar-refractivity contribution >= 4 is 39.8 Å². The van der Waals surface area contributed by atoms with Crippen LogP contribution in [0.5, 0.6) is 0 Å². The molecule has 188 valence electrons. The number of alkyl halides is 3. The van der Waals surface area contributed by atoms with Crippen molar-refractivity contribution in [1.29, 1.82) is 0 Å². The van der Waals surface area contributed by atoms with E-state index in [1.807, 2.05) is 26.2 Å². The molecule has 0 N–H and O–H groups in total. The molecule has 0 radical (unpaired) electrons. The maximum absolute atomic E-state index is 14.3. The summed E-state index contributed by atoms with van der Waals surface area (Å²) in [5.41, 5.74) is 0.573. The molecule has 0 bridgehead atoms. The molecule has 11 heteroatoms. The second-order valence-electron chi connectivity index (χ2n) is 9.09. The molecule has 2 aliphatic heterocycles. The number of hydrogen-bond donors (Lipinski definition) is 0. The zero-order valence-electron chi connectivity index (χ0n) is 19.6. The summed E-state index contributed by atoms with van der Waals surface area (Å²) >= 11 is 1.37. The highest BCUT2D eigenvalue weighted by atomic mass is 32.2. The second-order valence-corrected chi connectivity index (χ2v) is 10.1. The summed E-state index contributed by atoms with van der Waals surface area (Å²) in [4.78, 5) is 21.6. The largest absolute Gasteiger partial charge is 0.416 e. The zero-order valence-corrected chi connectivity index (χ0v) is 20.4. The van der Waals surface area contributed by atoms with Crippen molar-refractivity contribution in [1.82, 2.24) is 19.6 Å². The number of thioether (sulfide) groups is 1. The van der Waals surface area contributed by atoms with E-state index in [0.29, 0.717) is 22.5 Å². The van der Waals surface area contributed by atoms with Crippen LogP contribution in [-0.2, 0) is 17.5 Å².